The molecule has 1 N–H and O–H groups in total. The Morgan fingerprint density at radius 3 is 2.72 bits per heavy atom. The standard InChI is InChI=1S/C14H17N3O/c1-10-3-5-11(6-4-10)12-16-13(18-17-12)14(2)7-8-15-9-14/h3-6,15H,7-9H2,1-2H3. The number of rotatable bonds is 2. The first-order chi connectivity index (χ1) is 8.67. The van der Waals surface area contributed by atoms with Crippen molar-refractivity contribution in [2.24, 2.45) is 0 Å². The lowest BCUT2D eigenvalue weighted by Gasteiger charge is -2.15. The average molecular weight is 243 g/mol. The monoisotopic (exact) mass is 243 g/mol. The van der Waals surface area contributed by atoms with Gasteiger partial charge in [0.1, 0.15) is 0 Å². The molecular formula is C14H17N3O. The van der Waals surface area contributed by atoms with Gasteiger partial charge in [0.15, 0.2) is 0 Å². The van der Waals surface area contributed by atoms with Crippen molar-refractivity contribution in [3.05, 3.63) is 35.7 Å². The van der Waals surface area contributed by atoms with Crippen LogP contribution < -0.4 is 5.32 Å². The molecule has 1 aromatic carbocycles. The van der Waals surface area contributed by atoms with Gasteiger partial charge in [0.05, 0.1) is 5.41 Å². The smallest absolute Gasteiger partial charge is 0.234 e. The topological polar surface area (TPSA) is 51.0 Å². The lowest BCUT2D eigenvalue weighted by molar-refractivity contribution is 0.306. The van der Waals surface area contributed by atoms with Crippen LogP contribution in [0.2, 0.25) is 0 Å². The van der Waals surface area contributed by atoms with E-state index in [1.165, 1.54) is 5.56 Å². The lowest BCUT2D eigenvalue weighted by Crippen LogP contribution is -2.25. The van der Waals surface area contributed by atoms with Crippen molar-refractivity contribution in [2.45, 2.75) is 25.7 Å². The third-order valence-electron chi connectivity index (χ3n) is 3.62. The van der Waals surface area contributed by atoms with Crippen LogP contribution >= 0.6 is 0 Å². The van der Waals surface area contributed by atoms with Crippen molar-refractivity contribution in [3.8, 4) is 11.4 Å². The van der Waals surface area contributed by atoms with Gasteiger partial charge in [-0.1, -0.05) is 35.0 Å². The van der Waals surface area contributed by atoms with E-state index in [0.717, 1.165) is 31.0 Å². The van der Waals surface area contributed by atoms with Crippen LogP contribution in [0.1, 0.15) is 24.8 Å². The van der Waals surface area contributed by atoms with Crippen LogP contribution in [0.25, 0.3) is 11.4 Å². The van der Waals surface area contributed by atoms with E-state index in [2.05, 4.69) is 41.4 Å². The highest BCUT2D eigenvalue weighted by Gasteiger charge is 2.36. The molecular weight excluding hydrogens is 226 g/mol. The molecule has 0 aliphatic carbocycles. The second-order valence-corrected chi connectivity index (χ2v) is 5.28. The molecule has 18 heavy (non-hydrogen) atoms. The lowest BCUT2D eigenvalue weighted by atomic mass is 9.90. The van der Waals surface area contributed by atoms with E-state index >= 15 is 0 Å². The minimum absolute atomic E-state index is 0.0179. The summed E-state index contributed by atoms with van der Waals surface area (Å²) in [7, 11) is 0. The highest BCUT2D eigenvalue weighted by molar-refractivity contribution is 5.54. The molecule has 1 aliphatic rings. The van der Waals surface area contributed by atoms with E-state index in [4.69, 9.17) is 4.52 Å². The second kappa shape index (κ2) is 4.21. The molecule has 0 amide bonds. The quantitative estimate of drug-likeness (QED) is 0.879. The molecule has 0 radical (unpaired) electrons. The number of hydrogen-bond donors (Lipinski definition) is 1. The summed E-state index contributed by atoms with van der Waals surface area (Å²) < 4.78 is 5.44. The first-order valence-electron chi connectivity index (χ1n) is 6.29. The minimum Gasteiger partial charge on any atom is -0.338 e. The number of benzene rings is 1. The normalized spacial score (nSPS) is 23.4. The number of nitrogens with zero attached hydrogens (tertiary/aromatic N) is 2. The first kappa shape index (κ1) is 11.4. The van der Waals surface area contributed by atoms with Gasteiger partial charge in [-0.25, -0.2) is 0 Å². The van der Waals surface area contributed by atoms with Gasteiger partial charge in [-0.05, 0) is 26.8 Å². The summed E-state index contributed by atoms with van der Waals surface area (Å²) in [6.45, 7) is 6.15. The molecule has 1 atom stereocenters. The zero-order chi connectivity index (χ0) is 12.6. The minimum atomic E-state index is -0.0179. The maximum absolute atomic E-state index is 5.44. The fourth-order valence-electron chi connectivity index (χ4n) is 2.29. The van der Waals surface area contributed by atoms with Gasteiger partial charge in [-0.3, -0.25) is 0 Å². The Bertz CT molecular complexity index is 538. The van der Waals surface area contributed by atoms with Crippen LogP contribution in [0.3, 0.4) is 0 Å². The largest absolute Gasteiger partial charge is 0.338 e. The summed E-state index contributed by atoms with van der Waals surface area (Å²) in [5, 5.41) is 7.43. The Labute approximate surface area is 106 Å². The molecule has 0 spiro atoms. The van der Waals surface area contributed by atoms with Gasteiger partial charge in [-0.2, -0.15) is 4.98 Å². The van der Waals surface area contributed by atoms with Crippen molar-refractivity contribution in [1.29, 1.82) is 0 Å². The van der Waals surface area contributed by atoms with E-state index in [1.807, 2.05) is 12.1 Å². The van der Waals surface area contributed by atoms with Crippen molar-refractivity contribution in [3.63, 3.8) is 0 Å². The van der Waals surface area contributed by atoms with Gasteiger partial charge < -0.3 is 9.84 Å². The maximum Gasteiger partial charge on any atom is 0.234 e. The van der Waals surface area contributed by atoms with E-state index in [9.17, 15) is 0 Å². The summed E-state index contributed by atoms with van der Waals surface area (Å²) >= 11 is 0. The molecule has 2 aromatic rings. The molecule has 1 fully saturated rings. The molecule has 4 heteroatoms. The van der Waals surface area contributed by atoms with E-state index in [0.29, 0.717) is 5.82 Å². The number of nitrogens with one attached hydrogen (secondary N) is 1. The SMILES string of the molecule is Cc1ccc(-c2noc(C3(C)CCNC3)n2)cc1. The number of hydrogen-bond acceptors (Lipinski definition) is 4. The van der Waals surface area contributed by atoms with Crippen molar-refractivity contribution < 1.29 is 4.52 Å². The molecule has 0 bridgehead atoms. The van der Waals surface area contributed by atoms with Crippen molar-refractivity contribution >= 4 is 0 Å². The predicted octanol–water partition coefficient (Wildman–Crippen LogP) is 2.30. The summed E-state index contributed by atoms with van der Waals surface area (Å²) in [6, 6.07) is 8.17. The first-order valence-corrected chi connectivity index (χ1v) is 6.29. The van der Waals surface area contributed by atoms with E-state index in [1.54, 1.807) is 0 Å². The van der Waals surface area contributed by atoms with E-state index < -0.39 is 0 Å². The van der Waals surface area contributed by atoms with Crippen LogP contribution in [0.5, 0.6) is 0 Å². The van der Waals surface area contributed by atoms with Crippen LogP contribution in [-0.4, -0.2) is 23.2 Å². The Morgan fingerprint density at radius 1 is 1.28 bits per heavy atom. The molecule has 1 aliphatic heterocycles. The van der Waals surface area contributed by atoms with Crippen molar-refractivity contribution in [1.82, 2.24) is 15.5 Å². The Balaban J connectivity index is 1.91. The molecule has 4 nitrogen and oxygen atoms in total. The Hall–Kier alpha value is -1.68. The fourth-order valence-corrected chi connectivity index (χ4v) is 2.29. The van der Waals surface area contributed by atoms with Crippen LogP contribution in [0, 0.1) is 6.92 Å². The van der Waals surface area contributed by atoms with Gasteiger partial charge in [-0.15, -0.1) is 0 Å². The predicted molar refractivity (Wildman–Crippen MR) is 69.3 cm³/mol. The number of aryl methyl sites for hydroxylation is 1. The zero-order valence-corrected chi connectivity index (χ0v) is 10.7. The van der Waals surface area contributed by atoms with Crippen LogP contribution in [0.4, 0.5) is 0 Å². The highest BCUT2D eigenvalue weighted by Crippen LogP contribution is 2.30. The fraction of sp³-hybridized carbons (Fsp3) is 0.429. The molecule has 0 saturated carbocycles. The second-order valence-electron chi connectivity index (χ2n) is 5.28. The summed E-state index contributed by atoms with van der Waals surface area (Å²) in [5.74, 6) is 1.42. The maximum atomic E-state index is 5.44. The summed E-state index contributed by atoms with van der Waals surface area (Å²) in [6.07, 6.45) is 1.04. The van der Waals surface area contributed by atoms with Crippen molar-refractivity contribution in [2.75, 3.05) is 13.1 Å². The van der Waals surface area contributed by atoms with Gasteiger partial charge in [0.25, 0.3) is 0 Å². The Morgan fingerprint density at radius 2 is 2.06 bits per heavy atom. The molecule has 1 aromatic heterocycles. The summed E-state index contributed by atoms with van der Waals surface area (Å²) in [5.41, 5.74) is 2.22. The summed E-state index contributed by atoms with van der Waals surface area (Å²) in [4.78, 5) is 4.55. The zero-order valence-electron chi connectivity index (χ0n) is 10.7. The highest BCUT2D eigenvalue weighted by atomic mass is 16.5. The molecule has 3 rings (SSSR count). The number of aromatic nitrogens is 2. The molecule has 1 unspecified atom stereocenters. The van der Waals surface area contributed by atoms with E-state index in [-0.39, 0.29) is 5.41 Å². The third kappa shape index (κ3) is 1.93. The molecule has 94 valence electrons. The van der Waals surface area contributed by atoms with Crippen LogP contribution in [0.15, 0.2) is 28.8 Å². The molecule has 1 saturated heterocycles. The Kier molecular flexibility index (Phi) is 2.67. The van der Waals surface area contributed by atoms with Crippen LogP contribution in [-0.2, 0) is 5.41 Å². The van der Waals surface area contributed by atoms with Gasteiger partial charge in [0, 0.05) is 12.1 Å². The van der Waals surface area contributed by atoms with Gasteiger partial charge in [0.2, 0.25) is 11.7 Å². The average Bonchev–Trinajstić information content (AvgIpc) is 2.99. The van der Waals surface area contributed by atoms with Gasteiger partial charge >= 0.3 is 0 Å². The third-order valence-corrected chi connectivity index (χ3v) is 3.62. The molecule has 2 heterocycles.